The lowest BCUT2D eigenvalue weighted by Gasteiger charge is -2.30. The first-order valence-electron chi connectivity index (χ1n) is 22.5. The average molecular weight is 837 g/mol. The minimum Gasteiger partial charge on any atom is -0.457 e. The summed E-state index contributed by atoms with van der Waals surface area (Å²) in [5.41, 5.74) is 13.8. The van der Waals surface area contributed by atoms with Crippen molar-refractivity contribution in [2.45, 2.75) is 71.6 Å². The van der Waals surface area contributed by atoms with Crippen molar-refractivity contribution in [3.05, 3.63) is 204 Å². The van der Waals surface area contributed by atoms with Crippen LogP contribution < -0.4 is 14.5 Å². The summed E-state index contributed by atoms with van der Waals surface area (Å²) in [5.74, 6) is 2.47. The van der Waals surface area contributed by atoms with E-state index in [1.54, 1.807) is 0 Å². The van der Waals surface area contributed by atoms with Crippen molar-refractivity contribution in [2.75, 3.05) is 16.5 Å². The van der Waals surface area contributed by atoms with Crippen LogP contribution in [-0.4, -0.2) is 16.2 Å². The molecule has 0 N–H and O–H groups in total. The van der Waals surface area contributed by atoms with Gasteiger partial charge in [-0.05, 0) is 111 Å². The highest BCUT2D eigenvalue weighted by atomic mass is 16.5. The molecule has 64 heavy (non-hydrogen) atoms. The van der Waals surface area contributed by atoms with Gasteiger partial charge in [0.1, 0.15) is 24.0 Å². The van der Waals surface area contributed by atoms with Crippen LogP contribution in [0.5, 0.6) is 11.5 Å². The Balaban J connectivity index is 1.06. The van der Waals surface area contributed by atoms with Crippen LogP contribution in [0.1, 0.15) is 77.6 Å². The predicted octanol–water partition coefficient (Wildman–Crippen LogP) is 15.8. The monoisotopic (exact) mass is 836 g/mol. The molecule has 0 fully saturated rings. The Bertz CT molecular complexity index is 3170. The van der Waals surface area contributed by atoms with Gasteiger partial charge in [-0.1, -0.05) is 152 Å². The highest BCUT2D eigenvalue weighted by molar-refractivity contribution is 6.09. The van der Waals surface area contributed by atoms with Gasteiger partial charge in [0.2, 0.25) is 0 Å². The zero-order chi connectivity index (χ0) is 44.4. The first-order valence-corrected chi connectivity index (χ1v) is 22.5. The van der Waals surface area contributed by atoms with Gasteiger partial charge in [0, 0.05) is 45.9 Å². The highest BCUT2D eigenvalue weighted by Gasteiger charge is 2.32. The minimum atomic E-state index is -0.225. The molecule has 9 aromatic rings. The molecule has 3 heterocycles. The Kier molecular flexibility index (Phi) is 9.98. The molecule has 0 bridgehead atoms. The largest absolute Gasteiger partial charge is 0.457 e. The summed E-state index contributed by atoms with van der Waals surface area (Å²) >= 11 is 0. The van der Waals surface area contributed by atoms with Crippen molar-refractivity contribution in [3.8, 4) is 28.4 Å². The van der Waals surface area contributed by atoms with Gasteiger partial charge in [-0.15, -0.1) is 0 Å². The molecular weight excluding hydrogens is 781 g/mol. The summed E-state index contributed by atoms with van der Waals surface area (Å²) in [5, 5.41) is 2.35. The maximum atomic E-state index is 6.97. The van der Waals surface area contributed by atoms with Crippen LogP contribution in [0.3, 0.4) is 0 Å². The summed E-state index contributed by atoms with van der Waals surface area (Å²) in [6, 6.07) is 63.6. The van der Waals surface area contributed by atoms with Gasteiger partial charge in [-0.2, -0.15) is 0 Å². The van der Waals surface area contributed by atoms with Crippen LogP contribution in [0, 0.1) is 0 Å². The number of para-hydroxylation sites is 3. The summed E-state index contributed by atoms with van der Waals surface area (Å²) in [7, 11) is 0. The fourth-order valence-corrected chi connectivity index (χ4v) is 9.24. The van der Waals surface area contributed by atoms with Crippen molar-refractivity contribution in [2.24, 2.45) is 0 Å². The first kappa shape index (κ1) is 40.9. The van der Waals surface area contributed by atoms with Crippen LogP contribution in [0.4, 0.5) is 22.7 Å². The number of fused-ring (bicyclic) bond motifs is 4. The van der Waals surface area contributed by atoms with Crippen molar-refractivity contribution < 1.29 is 4.74 Å². The lowest BCUT2D eigenvalue weighted by molar-refractivity contribution is 0.479. The molecule has 7 aromatic carbocycles. The van der Waals surface area contributed by atoms with Crippen LogP contribution in [0.15, 0.2) is 182 Å². The molecule has 5 heteroatoms. The molecule has 5 nitrogen and oxygen atoms in total. The second-order valence-electron chi connectivity index (χ2n) is 19.9. The number of ether oxygens (including phenoxy) is 1. The second-order valence-corrected chi connectivity index (χ2v) is 19.9. The van der Waals surface area contributed by atoms with Gasteiger partial charge < -0.3 is 14.5 Å². The molecule has 0 atom stereocenters. The maximum absolute atomic E-state index is 6.97. The summed E-state index contributed by atoms with van der Waals surface area (Å²) < 4.78 is 9.25. The van der Waals surface area contributed by atoms with E-state index in [2.05, 4.69) is 246 Å². The van der Waals surface area contributed by atoms with Crippen molar-refractivity contribution in [3.63, 3.8) is 0 Å². The molecule has 1 aliphatic heterocycles. The van der Waals surface area contributed by atoms with Gasteiger partial charge in [0.05, 0.1) is 22.4 Å². The smallest absolute Gasteiger partial charge is 0.137 e. The molecule has 0 aliphatic carbocycles. The van der Waals surface area contributed by atoms with E-state index in [-0.39, 0.29) is 16.2 Å². The highest BCUT2D eigenvalue weighted by Crippen LogP contribution is 2.48. The van der Waals surface area contributed by atoms with E-state index in [1.807, 2.05) is 6.20 Å². The molecule has 0 saturated heterocycles. The minimum absolute atomic E-state index is 0.0121. The molecule has 0 unspecified atom stereocenters. The van der Waals surface area contributed by atoms with E-state index in [4.69, 9.17) is 9.72 Å². The SMILES string of the molecule is CC(C)(C)c1cc(Oc2ccc3c4ccccc4n(-c4cc(C(C)(C)C)ccn4)c3c2)cc(N2CN(c3cc(-c4ccccc4)cc(C(C)(C)c4ccccc4)c3)c3ccccc32)c1. The van der Waals surface area contributed by atoms with Crippen molar-refractivity contribution >= 4 is 44.6 Å². The number of rotatable bonds is 8. The topological polar surface area (TPSA) is 33.5 Å². The summed E-state index contributed by atoms with van der Waals surface area (Å²) in [4.78, 5) is 9.81. The Morgan fingerprint density at radius 3 is 1.75 bits per heavy atom. The van der Waals surface area contributed by atoms with Crippen LogP contribution >= 0.6 is 0 Å². The summed E-state index contributed by atoms with van der Waals surface area (Å²) in [6.45, 7) is 18.9. The number of hydrogen-bond acceptors (Lipinski definition) is 4. The summed E-state index contributed by atoms with van der Waals surface area (Å²) in [6.07, 6.45) is 1.93. The first-order chi connectivity index (χ1) is 30.7. The van der Waals surface area contributed by atoms with E-state index in [9.17, 15) is 0 Å². The molecule has 2 aromatic heterocycles. The van der Waals surface area contributed by atoms with Gasteiger partial charge in [-0.25, -0.2) is 4.98 Å². The van der Waals surface area contributed by atoms with Crippen LogP contribution in [0.2, 0.25) is 0 Å². The number of hydrogen-bond donors (Lipinski definition) is 0. The average Bonchev–Trinajstić information content (AvgIpc) is 3.85. The third-order valence-corrected chi connectivity index (χ3v) is 13.1. The molecule has 318 valence electrons. The Hall–Kier alpha value is -7.11. The molecule has 0 spiro atoms. The van der Waals surface area contributed by atoms with Crippen molar-refractivity contribution in [1.82, 2.24) is 9.55 Å². The molecule has 0 radical (unpaired) electrons. The molecule has 0 saturated carbocycles. The zero-order valence-electron chi connectivity index (χ0n) is 38.2. The van der Waals surface area contributed by atoms with Gasteiger partial charge in [-0.3, -0.25) is 4.57 Å². The Labute approximate surface area is 378 Å². The van der Waals surface area contributed by atoms with Gasteiger partial charge in [0.25, 0.3) is 0 Å². The number of pyridine rings is 1. The quantitative estimate of drug-likeness (QED) is 0.153. The third kappa shape index (κ3) is 7.49. The fraction of sp³-hybridized carbons (Fsp3) is 0.203. The molecule has 1 aliphatic rings. The van der Waals surface area contributed by atoms with Crippen molar-refractivity contribution in [1.29, 1.82) is 0 Å². The number of benzene rings is 7. The van der Waals surface area contributed by atoms with E-state index in [1.165, 1.54) is 44.5 Å². The number of aromatic nitrogens is 2. The maximum Gasteiger partial charge on any atom is 0.137 e. The zero-order valence-corrected chi connectivity index (χ0v) is 38.2. The third-order valence-electron chi connectivity index (χ3n) is 13.1. The molecule has 0 amide bonds. The van der Waals surface area contributed by atoms with E-state index < -0.39 is 0 Å². The van der Waals surface area contributed by atoms with E-state index >= 15 is 0 Å². The predicted molar refractivity (Wildman–Crippen MR) is 269 cm³/mol. The Morgan fingerprint density at radius 1 is 0.438 bits per heavy atom. The normalized spacial score (nSPS) is 13.2. The van der Waals surface area contributed by atoms with Gasteiger partial charge >= 0.3 is 0 Å². The van der Waals surface area contributed by atoms with Crippen LogP contribution in [-0.2, 0) is 16.2 Å². The van der Waals surface area contributed by atoms with E-state index in [0.29, 0.717) is 6.67 Å². The molecule has 10 rings (SSSR count). The van der Waals surface area contributed by atoms with Gasteiger partial charge in [0.15, 0.2) is 0 Å². The standard InChI is InChI=1S/C59H56N4O/c1-57(2,3)43-29-30-60-56(36-43)63-52-24-16-15-23-50(52)51-28-27-48(38-55(51)63)64-49-35-44(58(4,5)6)33-47(37-49)62-39-61(53-25-17-18-26-54(53)62)46-32-41(40-19-11-9-12-20-40)31-45(34-46)59(7,8)42-21-13-10-14-22-42/h9-38H,39H2,1-8H3. The number of nitrogens with zero attached hydrogens (tertiary/aromatic N) is 4. The van der Waals surface area contributed by atoms with E-state index in [0.717, 1.165) is 50.8 Å². The second kappa shape index (κ2) is 15.6. The lowest BCUT2D eigenvalue weighted by atomic mass is 9.77. The lowest BCUT2D eigenvalue weighted by Crippen LogP contribution is -2.25. The van der Waals surface area contributed by atoms with Crippen LogP contribution in [0.25, 0.3) is 38.8 Å². The number of anilines is 4. The molecular formula is C59H56N4O. The fourth-order valence-electron chi connectivity index (χ4n) is 9.24. The Morgan fingerprint density at radius 2 is 1.05 bits per heavy atom.